The van der Waals surface area contributed by atoms with Crippen LogP contribution in [0.1, 0.15) is 28.4 Å². The van der Waals surface area contributed by atoms with E-state index in [1.807, 2.05) is 6.07 Å². The Morgan fingerprint density at radius 3 is 2.38 bits per heavy atom. The highest BCUT2D eigenvalue weighted by atomic mass is 16.5. The molecule has 0 spiro atoms. The van der Waals surface area contributed by atoms with E-state index in [4.69, 9.17) is 4.74 Å². The Bertz CT molecular complexity index is 742. The maximum absolute atomic E-state index is 12.5. The summed E-state index contributed by atoms with van der Waals surface area (Å²) in [5.41, 5.74) is 0.619. The molecular weight excluding hydrogens is 306 g/mol. The number of carboxylic acids is 1. The topological polar surface area (TPSA) is 75.6 Å². The quantitative estimate of drug-likeness (QED) is 0.855. The van der Waals surface area contributed by atoms with Crippen molar-refractivity contribution in [2.45, 2.75) is 19.3 Å². The molecule has 0 bridgehead atoms. The smallest absolute Gasteiger partial charge is 0.315 e. The Kier molecular flexibility index (Phi) is 5.24. The summed E-state index contributed by atoms with van der Waals surface area (Å²) in [7, 11) is 1.54. The number of methoxy groups -OCH3 is 1. The van der Waals surface area contributed by atoms with Crippen LogP contribution in [0.4, 0.5) is 0 Å². The first kappa shape index (κ1) is 17.5. The third-order valence-electron chi connectivity index (χ3n) is 4.23. The number of hydrogen-bond acceptors (Lipinski definition) is 3. The van der Waals surface area contributed by atoms with Crippen molar-refractivity contribution in [3.05, 3.63) is 65.2 Å². The van der Waals surface area contributed by atoms with Crippen molar-refractivity contribution >= 4 is 11.9 Å². The van der Waals surface area contributed by atoms with E-state index in [1.165, 1.54) is 0 Å². The first-order valence-electron chi connectivity index (χ1n) is 7.61. The van der Waals surface area contributed by atoms with Crippen molar-refractivity contribution in [2.24, 2.45) is 0 Å². The van der Waals surface area contributed by atoms with Crippen molar-refractivity contribution in [1.82, 2.24) is 5.32 Å². The molecule has 126 valence electrons. The molecule has 0 saturated heterocycles. The van der Waals surface area contributed by atoms with E-state index in [0.29, 0.717) is 22.4 Å². The van der Waals surface area contributed by atoms with Crippen LogP contribution in [0.15, 0.2) is 48.5 Å². The summed E-state index contributed by atoms with van der Waals surface area (Å²) >= 11 is 0. The number of hydrogen-bond donors (Lipinski definition) is 2. The molecule has 2 aromatic carbocycles. The van der Waals surface area contributed by atoms with Gasteiger partial charge in [0.1, 0.15) is 11.2 Å². The number of rotatable bonds is 6. The third kappa shape index (κ3) is 3.40. The lowest BCUT2D eigenvalue weighted by molar-refractivity contribution is -0.142. The maximum atomic E-state index is 12.5. The van der Waals surface area contributed by atoms with E-state index >= 15 is 0 Å². The number of aliphatic carboxylic acids is 1. The van der Waals surface area contributed by atoms with Gasteiger partial charge in [0.15, 0.2) is 0 Å². The SMILES string of the molecule is COc1cccc(C(=O)NCC(C)(C(=O)O)c2ccccc2)c1C. The molecule has 2 aromatic rings. The Labute approximate surface area is 141 Å². The fourth-order valence-electron chi connectivity index (χ4n) is 2.54. The molecule has 2 rings (SSSR count). The molecule has 0 aliphatic heterocycles. The predicted octanol–water partition coefficient (Wildman–Crippen LogP) is 2.78. The van der Waals surface area contributed by atoms with E-state index in [9.17, 15) is 14.7 Å². The van der Waals surface area contributed by atoms with E-state index < -0.39 is 11.4 Å². The van der Waals surface area contributed by atoms with Gasteiger partial charge in [0.05, 0.1) is 7.11 Å². The number of amides is 1. The molecule has 1 unspecified atom stereocenters. The van der Waals surface area contributed by atoms with Crippen molar-refractivity contribution < 1.29 is 19.4 Å². The van der Waals surface area contributed by atoms with Crippen LogP contribution in [0.25, 0.3) is 0 Å². The standard InChI is InChI=1S/C19H21NO4/c1-13-15(10-7-11-16(13)24-3)17(21)20-12-19(2,18(22)23)14-8-5-4-6-9-14/h4-11H,12H2,1-3H3,(H,20,21)(H,22,23). The van der Waals surface area contributed by atoms with Crippen LogP contribution in [-0.4, -0.2) is 30.6 Å². The second-order valence-corrected chi connectivity index (χ2v) is 5.82. The molecule has 1 amide bonds. The molecule has 5 nitrogen and oxygen atoms in total. The largest absolute Gasteiger partial charge is 0.496 e. The molecule has 0 aliphatic carbocycles. The van der Waals surface area contributed by atoms with E-state index in [-0.39, 0.29) is 12.5 Å². The minimum Gasteiger partial charge on any atom is -0.496 e. The number of carbonyl (C=O) groups is 2. The monoisotopic (exact) mass is 327 g/mol. The van der Waals surface area contributed by atoms with Gasteiger partial charge in [-0.3, -0.25) is 9.59 Å². The molecule has 0 heterocycles. The van der Waals surface area contributed by atoms with Gasteiger partial charge >= 0.3 is 5.97 Å². The van der Waals surface area contributed by atoms with Crippen molar-refractivity contribution in [3.8, 4) is 5.75 Å². The van der Waals surface area contributed by atoms with Gasteiger partial charge in [0.25, 0.3) is 5.91 Å². The highest BCUT2D eigenvalue weighted by Gasteiger charge is 2.35. The Morgan fingerprint density at radius 1 is 1.12 bits per heavy atom. The lowest BCUT2D eigenvalue weighted by Crippen LogP contribution is -2.44. The van der Waals surface area contributed by atoms with E-state index in [1.54, 1.807) is 63.4 Å². The zero-order chi connectivity index (χ0) is 17.7. The van der Waals surface area contributed by atoms with Gasteiger partial charge in [0, 0.05) is 17.7 Å². The molecule has 0 saturated carbocycles. The Hall–Kier alpha value is -2.82. The summed E-state index contributed by atoms with van der Waals surface area (Å²) in [5.74, 6) is -0.696. The number of carbonyl (C=O) groups excluding carboxylic acids is 1. The number of ether oxygens (including phenoxy) is 1. The van der Waals surface area contributed by atoms with Crippen LogP contribution in [0.2, 0.25) is 0 Å². The van der Waals surface area contributed by atoms with Gasteiger partial charge < -0.3 is 15.2 Å². The number of nitrogens with one attached hydrogen (secondary N) is 1. The van der Waals surface area contributed by atoms with Crippen molar-refractivity contribution in [2.75, 3.05) is 13.7 Å². The normalized spacial score (nSPS) is 13.0. The van der Waals surface area contributed by atoms with Crippen LogP contribution in [-0.2, 0) is 10.2 Å². The van der Waals surface area contributed by atoms with Gasteiger partial charge in [-0.05, 0) is 31.5 Å². The first-order chi connectivity index (χ1) is 11.4. The molecule has 0 radical (unpaired) electrons. The van der Waals surface area contributed by atoms with Gasteiger partial charge in [0.2, 0.25) is 0 Å². The minimum atomic E-state index is -1.20. The van der Waals surface area contributed by atoms with Crippen LogP contribution in [0, 0.1) is 6.92 Å². The van der Waals surface area contributed by atoms with Gasteiger partial charge in [-0.2, -0.15) is 0 Å². The van der Waals surface area contributed by atoms with Gasteiger partial charge in [-0.1, -0.05) is 36.4 Å². The molecule has 0 fully saturated rings. The second kappa shape index (κ2) is 7.17. The number of carboxylic acid groups (broad SMARTS) is 1. The fraction of sp³-hybridized carbons (Fsp3) is 0.263. The van der Waals surface area contributed by atoms with Gasteiger partial charge in [-0.15, -0.1) is 0 Å². The maximum Gasteiger partial charge on any atom is 0.315 e. The number of benzene rings is 2. The first-order valence-corrected chi connectivity index (χ1v) is 7.61. The van der Waals surface area contributed by atoms with E-state index in [2.05, 4.69) is 5.32 Å². The summed E-state index contributed by atoms with van der Waals surface area (Å²) in [6.07, 6.45) is 0. The fourth-order valence-corrected chi connectivity index (χ4v) is 2.54. The van der Waals surface area contributed by atoms with Crippen LogP contribution >= 0.6 is 0 Å². The summed E-state index contributed by atoms with van der Waals surface area (Å²) in [5, 5.41) is 12.4. The molecule has 2 N–H and O–H groups in total. The Balaban J connectivity index is 2.22. The van der Waals surface area contributed by atoms with Crippen LogP contribution in [0.3, 0.4) is 0 Å². The van der Waals surface area contributed by atoms with Gasteiger partial charge in [-0.25, -0.2) is 0 Å². The van der Waals surface area contributed by atoms with Crippen molar-refractivity contribution in [3.63, 3.8) is 0 Å². The Morgan fingerprint density at radius 2 is 1.79 bits per heavy atom. The van der Waals surface area contributed by atoms with Crippen LogP contribution < -0.4 is 10.1 Å². The lowest BCUT2D eigenvalue weighted by Gasteiger charge is -2.26. The van der Waals surface area contributed by atoms with E-state index in [0.717, 1.165) is 0 Å². The zero-order valence-electron chi connectivity index (χ0n) is 14.0. The molecule has 0 aliphatic rings. The molecular formula is C19H21NO4. The lowest BCUT2D eigenvalue weighted by atomic mass is 9.82. The summed E-state index contributed by atoms with van der Waals surface area (Å²) in [6.45, 7) is 3.38. The molecule has 0 aromatic heterocycles. The summed E-state index contributed by atoms with van der Waals surface area (Å²) in [6, 6.07) is 14.1. The molecule has 5 heteroatoms. The third-order valence-corrected chi connectivity index (χ3v) is 4.23. The second-order valence-electron chi connectivity index (χ2n) is 5.82. The average Bonchev–Trinajstić information content (AvgIpc) is 2.60. The zero-order valence-corrected chi connectivity index (χ0v) is 14.0. The molecule has 1 atom stereocenters. The molecule has 24 heavy (non-hydrogen) atoms. The highest BCUT2D eigenvalue weighted by molar-refractivity contribution is 5.96. The summed E-state index contributed by atoms with van der Waals surface area (Å²) in [4.78, 5) is 24.2. The summed E-state index contributed by atoms with van der Waals surface area (Å²) < 4.78 is 5.21. The van der Waals surface area contributed by atoms with Crippen molar-refractivity contribution in [1.29, 1.82) is 0 Å². The minimum absolute atomic E-state index is 0.0121. The van der Waals surface area contributed by atoms with Crippen LogP contribution in [0.5, 0.6) is 5.75 Å². The predicted molar refractivity (Wildman–Crippen MR) is 91.5 cm³/mol. The average molecular weight is 327 g/mol. The highest BCUT2D eigenvalue weighted by Crippen LogP contribution is 2.24.